The molecule has 21 heavy (non-hydrogen) atoms. The van der Waals surface area contributed by atoms with Crippen molar-refractivity contribution in [3.8, 4) is 0 Å². The van der Waals surface area contributed by atoms with Crippen molar-refractivity contribution in [3.63, 3.8) is 0 Å². The number of carbonyl (C=O) groups is 1. The molecule has 0 saturated heterocycles. The Bertz CT molecular complexity index is 283. The fourth-order valence-electron chi connectivity index (χ4n) is 1.72. The molecule has 0 rings (SSSR count). The van der Waals surface area contributed by atoms with E-state index >= 15 is 0 Å². The molecule has 0 amide bonds. The maximum Gasteiger partial charge on any atom is 0.305 e. The third kappa shape index (κ3) is 13.4. The average molecular weight is 301 g/mol. The number of rotatable bonds is 12. The predicted molar refractivity (Wildman–Crippen MR) is 85.6 cm³/mol. The van der Waals surface area contributed by atoms with E-state index in [1.165, 1.54) is 7.11 Å². The van der Waals surface area contributed by atoms with Crippen LogP contribution < -0.4 is 10.6 Å². The van der Waals surface area contributed by atoms with Crippen LogP contribution in [0, 0.1) is 0 Å². The van der Waals surface area contributed by atoms with E-state index in [-0.39, 0.29) is 5.97 Å². The minimum Gasteiger partial charge on any atom is -0.469 e. The topological polar surface area (TPSA) is 72.0 Å². The SMILES string of the molecule is CCNC(=NCCCOCC)NCCCCCC(=O)OC. The summed E-state index contributed by atoms with van der Waals surface area (Å²) in [6.07, 6.45) is 4.33. The Morgan fingerprint density at radius 3 is 2.57 bits per heavy atom. The Kier molecular flexibility index (Phi) is 14.2. The van der Waals surface area contributed by atoms with Gasteiger partial charge in [-0.3, -0.25) is 9.79 Å². The molecule has 6 nitrogen and oxygen atoms in total. The lowest BCUT2D eigenvalue weighted by atomic mass is 10.2. The van der Waals surface area contributed by atoms with Gasteiger partial charge in [-0.05, 0) is 33.1 Å². The van der Waals surface area contributed by atoms with Gasteiger partial charge in [0.05, 0.1) is 7.11 Å². The van der Waals surface area contributed by atoms with Crippen molar-refractivity contribution in [1.82, 2.24) is 10.6 Å². The highest BCUT2D eigenvalue weighted by Crippen LogP contribution is 1.99. The van der Waals surface area contributed by atoms with E-state index < -0.39 is 0 Å². The normalized spacial score (nSPS) is 11.3. The number of guanidine groups is 1. The second kappa shape index (κ2) is 15.1. The predicted octanol–water partition coefficient (Wildman–Crippen LogP) is 1.70. The molecule has 0 aliphatic carbocycles. The molecule has 0 heterocycles. The Balaban J connectivity index is 3.68. The lowest BCUT2D eigenvalue weighted by Gasteiger charge is -2.11. The number of esters is 1. The van der Waals surface area contributed by atoms with Gasteiger partial charge in [-0.2, -0.15) is 0 Å². The summed E-state index contributed by atoms with van der Waals surface area (Å²) in [6, 6.07) is 0. The molecule has 0 fully saturated rings. The quantitative estimate of drug-likeness (QED) is 0.248. The van der Waals surface area contributed by atoms with E-state index in [0.29, 0.717) is 6.42 Å². The average Bonchev–Trinajstić information content (AvgIpc) is 2.49. The van der Waals surface area contributed by atoms with E-state index in [9.17, 15) is 4.79 Å². The summed E-state index contributed by atoms with van der Waals surface area (Å²) in [5.41, 5.74) is 0. The Morgan fingerprint density at radius 2 is 1.90 bits per heavy atom. The number of carbonyl (C=O) groups excluding carboxylic acids is 1. The van der Waals surface area contributed by atoms with Crippen LogP contribution >= 0.6 is 0 Å². The van der Waals surface area contributed by atoms with Crippen molar-refractivity contribution in [1.29, 1.82) is 0 Å². The van der Waals surface area contributed by atoms with Crippen LogP contribution in [0.25, 0.3) is 0 Å². The fourth-order valence-corrected chi connectivity index (χ4v) is 1.72. The van der Waals surface area contributed by atoms with Crippen molar-refractivity contribution in [3.05, 3.63) is 0 Å². The zero-order valence-electron chi connectivity index (χ0n) is 13.7. The molecule has 0 spiro atoms. The minimum absolute atomic E-state index is 0.132. The first-order valence-corrected chi connectivity index (χ1v) is 7.91. The highest BCUT2D eigenvalue weighted by Gasteiger charge is 2.00. The molecule has 0 aliphatic rings. The van der Waals surface area contributed by atoms with Crippen LogP contribution in [0.5, 0.6) is 0 Å². The van der Waals surface area contributed by atoms with Crippen LogP contribution in [-0.2, 0) is 14.3 Å². The standard InChI is InChI=1S/C15H31N3O3/c1-4-16-15(18-12-9-13-21-5-2)17-11-8-6-7-10-14(19)20-3/h4-13H2,1-3H3,(H2,16,17,18). The molecule has 0 aliphatic heterocycles. The Morgan fingerprint density at radius 1 is 1.10 bits per heavy atom. The van der Waals surface area contributed by atoms with Gasteiger partial charge in [-0.25, -0.2) is 0 Å². The molecular formula is C15H31N3O3. The lowest BCUT2D eigenvalue weighted by molar-refractivity contribution is -0.140. The summed E-state index contributed by atoms with van der Waals surface area (Å²) >= 11 is 0. The highest BCUT2D eigenvalue weighted by atomic mass is 16.5. The van der Waals surface area contributed by atoms with Crippen LogP contribution in [0.2, 0.25) is 0 Å². The third-order valence-electron chi connectivity index (χ3n) is 2.84. The summed E-state index contributed by atoms with van der Waals surface area (Å²) in [4.78, 5) is 15.4. The van der Waals surface area contributed by atoms with Crippen molar-refractivity contribution in [2.75, 3.05) is 40.0 Å². The molecule has 2 N–H and O–H groups in total. The van der Waals surface area contributed by atoms with Crippen molar-refractivity contribution >= 4 is 11.9 Å². The van der Waals surface area contributed by atoms with Crippen molar-refractivity contribution in [2.45, 2.75) is 46.0 Å². The summed E-state index contributed by atoms with van der Waals surface area (Å²) < 4.78 is 9.89. The summed E-state index contributed by atoms with van der Waals surface area (Å²) in [5.74, 6) is 0.717. The van der Waals surface area contributed by atoms with Gasteiger partial charge in [0.2, 0.25) is 0 Å². The second-order valence-electron chi connectivity index (χ2n) is 4.62. The first-order chi connectivity index (χ1) is 10.2. The van der Waals surface area contributed by atoms with Gasteiger partial charge in [-0.15, -0.1) is 0 Å². The minimum atomic E-state index is -0.132. The second-order valence-corrected chi connectivity index (χ2v) is 4.62. The molecule has 0 aromatic carbocycles. The molecule has 124 valence electrons. The van der Waals surface area contributed by atoms with Gasteiger partial charge < -0.3 is 20.1 Å². The van der Waals surface area contributed by atoms with E-state index in [1.54, 1.807) is 0 Å². The zero-order valence-corrected chi connectivity index (χ0v) is 13.7. The molecule has 0 unspecified atom stereocenters. The third-order valence-corrected chi connectivity index (χ3v) is 2.84. The molecule has 0 saturated carbocycles. The van der Waals surface area contributed by atoms with E-state index in [4.69, 9.17) is 4.74 Å². The van der Waals surface area contributed by atoms with Crippen molar-refractivity contribution < 1.29 is 14.3 Å². The molecule has 0 radical (unpaired) electrons. The summed E-state index contributed by atoms with van der Waals surface area (Å²) in [6.45, 7) is 8.03. The first-order valence-electron chi connectivity index (χ1n) is 7.91. The van der Waals surface area contributed by atoms with Gasteiger partial charge in [0.1, 0.15) is 0 Å². The Hall–Kier alpha value is -1.30. The molecule has 0 aromatic heterocycles. The largest absolute Gasteiger partial charge is 0.469 e. The number of hydrogen-bond donors (Lipinski definition) is 2. The first kappa shape index (κ1) is 19.7. The van der Waals surface area contributed by atoms with Gasteiger partial charge in [0.15, 0.2) is 5.96 Å². The smallest absolute Gasteiger partial charge is 0.305 e. The van der Waals surface area contributed by atoms with Crippen LogP contribution in [0.15, 0.2) is 4.99 Å². The van der Waals surface area contributed by atoms with Crippen LogP contribution in [0.1, 0.15) is 46.0 Å². The van der Waals surface area contributed by atoms with Gasteiger partial charge in [0, 0.05) is 39.3 Å². The summed E-state index contributed by atoms with van der Waals surface area (Å²) in [5, 5.41) is 6.51. The number of nitrogens with one attached hydrogen (secondary N) is 2. The molecule has 0 bridgehead atoms. The van der Waals surface area contributed by atoms with Gasteiger partial charge in [0.25, 0.3) is 0 Å². The van der Waals surface area contributed by atoms with Crippen LogP contribution in [0.4, 0.5) is 0 Å². The number of hydrogen-bond acceptors (Lipinski definition) is 4. The van der Waals surface area contributed by atoms with Crippen LogP contribution in [0.3, 0.4) is 0 Å². The van der Waals surface area contributed by atoms with Gasteiger partial charge in [-0.1, -0.05) is 6.42 Å². The van der Waals surface area contributed by atoms with Gasteiger partial charge >= 0.3 is 5.97 Å². The maximum atomic E-state index is 11.0. The zero-order chi connectivity index (χ0) is 15.8. The fraction of sp³-hybridized carbons (Fsp3) is 0.867. The monoisotopic (exact) mass is 301 g/mol. The molecule has 0 aromatic rings. The molecular weight excluding hydrogens is 270 g/mol. The molecule has 0 atom stereocenters. The molecule has 6 heteroatoms. The lowest BCUT2D eigenvalue weighted by Crippen LogP contribution is -2.37. The number of aliphatic imine (C=N–C) groups is 1. The summed E-state index contributed by atoms with van der Waals surface area (Å²) in [7, 11) is 1.43. The van der Waals surface area contributed by atoms with Crippen molar-refractivity contribution in [2.24, 2.45) is 4.99 Å². The number of methoxy groups -OCH3 is 1. The highest BCUT2D eigenvalue weighted by molar-refractivity contribution is 5.79. The van der Waals surface area contributed by atoms with E-state index in [1.807, 2.05) is 13.8 Å². The van der Waals surface area contributed by atoms with E-state index in [2.05, 4.69) is 20.4 Å². The Labute approximate surface area is 128 Å². The number of nitrogens with zero attached hydrogens (tertiary/aromatic N) is 1. The number of unbranched alkanes of at least 4 members (excludes halogenated alkanes) is 2. The number of ether oxygens (including phenoxy) is 2. The van der Waals surface area contributed by atoms with Crippen LogP contribution in [-0.4, -0.2) is 51.9 Å². The van der Waals surface area contributed by atoms with E-state index in [0.717, 1.165) is 64.5 Å². The maximum absolute atomic E-state index is 11.0.